The van der Waals surface area contributed by atoms with E-state index < -0.39 is 17.8 Å². The summed E-state index contributed by atoms with van der Waals surface area (Å²) < 4.78 is 38.3. The first-order valence-electron chi connectivity index (χ1n) is 9.39. The highest BCUT2D eigenvalue weighted by molar-refractivity contribution is 5.73. The molecule has 1 aliphatic heterocycles. The van der Waals surface area contributed by atoms with Crippen LogP contribution in [0.2, 0.25) is 0 Å². The maximum absolute atomic E-state index is 12.8. The summed E-state index contributed by atoms with van der Waals surface area (Å²) in [6.45, 7) is 3.46. The molecule has 1 aliphatic rings. The van der Waals surface area contributed by atoms with Crippen LogP contribution < -0.4 is 10.6 Å². The van der Waals surface area contributed by atoms with Crippen LogP contribution in [0.15, 0.2) is 48.5 Å². The van der Waals surface area contributed by atoms with Crippen molar-refractivity contribution in [1.82, 2.24) is 15.5 Å². The lowest BCUT2D eigenvalue weighted by Crippen LogP contribution is -2.35. The van der Waals surface area contributed by atoms with Crippen molar-refractivity contribution in [2.24, 2.45) is 0 Å². The molecule has 2 aromatic carbocycles. The Morgan fingerprint density at radius 3 is 2.32 bits per heavy atom. The second-order valence-electron chi connectivity index (χ2n) is 6.99. The van der Waals surface area contributed by atoms with Gasteiger partial charge in [-0.2, -0.15) is 13.2 Å². The molecule has 0 bridgehead atoms. The summed E-state index contributed by atoms with van der Waals surface area (Å²) in [5.41, 5.74) is 1.91. The Kier molecular flexibility index (Phi) is 6.57. The molecule has 0 aliphatic carbocycles. The van der Waals surface area contributed by atoms with Crippen LogP contribution in [0.1, 0.15) is 35.1 Å². The number of hydrogen-bond donors (Lipinski definition) is 2. The monoisotopic (exact) mass is 391 g/mol. The standard InChI is InChI=1S/C21H24F3N3O/c22-21(23,24)19-9-5-6-16(12-19)13-25-20(28)26-14-17-7-1-2-8-18(17)15-27-10-3-4-11-27/h1-2,5-9,12H,3-4,10-11,13-15H2,(H2,25,26,28). The number of urea groups is 1. The zero-order valence-corrected chi connectivity index (χ0v) is 15.6. The minimum Gasteiger partial charge on any atom is -0.334 e. The predicted octanol–water partition coefficient (Wildman–Crippen LogP) is 4.30. The van der Waals surface area contributed by atoms with Gasteiger partial charge in [0.05, 0.1) is 5.56 Å². The highest BCUT2D eigenvalue weighted by atomic mass is 19.4. The molecule has 28 heavy (non-hydrogen) atoms. The van der Waals surface area contributed by atoms with E-state index >= 15 is 0 Å². The number of rotatable bonds is 6. The lowest BCUT2D eigenvalue weighted by molar-refractivity contribution is -0.137. The Balaban J connectivity index is 1.51. The Bertz CT molecular complexity index is 801. The molecular weight excluding hydrogens is 367 g/mol. The lowest BCUT2D eigenvalue weighted by atomic mass is 10.1. The fourth-order valence-corrected chi connectivity index (χ4v) is 3.34. The third-order valence-corrected chi connectivity index (χ3v) is 4.86. The summed E-state index contributed by atoms with van der Waals surface area (Å²) >= 11 is 0. The zero-order chi connectivity index (χ0) is 20.0. The van der Waals surface area contributed by atoms with Crippen LogP contribution in [0.4, 0.5) is 18.0 Å². The number of likely N-dealkylation sites (tertiary alicyclic amines) is 1. The highest BCUT2D eigenvalue weighted by Gasteiger charge is 2.30. The van der Waals surface area contributed by atoms with Crippen LogP contribution in [0.25, 0.3) is 0 Å². The number of halogens is 3. The summed E-state index contributed by atoms with van der Waals surface area (Å²) in [6.07, 6.45) is -1.95. The molecule has 3 rings (SSSR count). The van der Waals surface area contributed by atoms with Crippen molar-refractivity contribution in [1.29, 1.82) is 0 Å². The van der Waals surface area contributed by atoms with Gasteiger partial charge >= 0.3 is 12.2 Å². The van der Waals surface area contributed by atoms with Gasteiger partial charge in [0.1, 0.15) is 0 Å². The molecule has 0 radical (unpaired) electrons. The first kappa shape index (κ1) is 20.2. The van der Waals surface area contributed by atoms with Crippen LogP contribution in [0.3, 0.4) is 0 Å². The Hall–Kier alpha value is -2.54. The van der Waals surface area contributed by atoms with Crippen molar-refractivity contribution >= 4 is 6.03 Å². The highest BCUT2D eigenvalue weighted by Crippen LogP contribution is 2.29. The topological polar surface area (TPSA) is 44.4 Å². The number of nitrogens with one attached hydrogen (secondary N) is 2. The van der Waals surface area contributed by atoms with E-state index in [4.69, 9.17) is 0 Å². The zero-order valence-electron chi connectivity index (χ0n) is 15.6. The molecule has 4 nitrogen and oxygen atoms in total. The molecule has 7 heteroatoms. The third-order valence-electron chi connectivity index (χ3n) is 4.86. The molecule has 1 saturated heterocycles. The minimum atomic E-state index is -4.39. The second kappa shape index (κ2) is 9.10. The van der Waals surface area contributed by atoms with Crippen LogP contribution in [0.5, 0.6) is 0 Å². The van der Waals surface area contributed by atoms with E-state index in [1.165, 1.54) is 24.5 Å². The number of amides is 2. The number of carbonyl (C=O) groups excluding carboxylic acids is 1. The summed E-state index contributed by atoms with van der Waals surface area (Å²) in [6, 6.07) is 12.5. The maximum Gasteiger partial charge on any atom is 0.416 e. The Labute approximate surface area is 162 Å². The van der Waals surface area contributed by atoms with Gasteiger partial charge in [-0.1, -0.05) is 36.4 Å². The summed E-state index contributed by atoms with van der Waals surface area (Å²) in [7, 11) is 0. The van der Waals surface area contributed by atoms with Gasteiger partial charge in [0.15, 0.2) is 0 Å². The molecule has 0 saturated carbocycles. The van der Waals surface area contributed by atoms with E-state index in [1.54, 1.807) is 6.07 Å². The van der Waals surface area contributed by atoms with E-state index in [-0.39, 0.29) is 6.54 Å². The lowest BCUT2D eigenvalue weighted by Gasteiger charge is -2.18. The van der Waals surface area contributed by atoms with Gasteiger partial charge in [0.2, 0.25) is 0 Å². The molecule has 1 fully saturated rings. The van der Waals surface area contributed by atoms with Gasteiger partial charge < -0.3 is 10.6 Å². The molecule has 0 atom stereocenters. The van der Waals surface area contributed by atoms with E-state index in [2.05, 4.69) is 21.6 Å². The van der Waals surface area contributed by atoms with Crippen LogP contribution in [0, 0.1) is 0 Å². The molecule has 2 amide bonds. The SMILES string of the molecule is O=C(NCc1cccc(C(F)(F)F)c1)NCc1ccccc1CN1CCCC1. The van der Waals surface area contributed by atoms with Gasteiger partial charge in [0.25, 0.3) is 0 Å². The number of alkyl halides is 3. The molecule has 2 aromatic rings. The molecular formula is C21H24F3N3O. The third kappa shape index (κ3) is 5.73. The number of hydrogen-bond acceptors (Lipinski definition) is 2. The van der Waals surface area contributed by atoms with E-state index in [0.717, 1.165) is 37.3 Å². The second-order valence-corrected chi connectivity index (χ2v) is 6.99. The first-order valence-corrected chi connectivity index (χ1v) is 9.39. The average Bonchev–Trinajstić information content (AvgIpc) is 3.18. The predicted molar refractivity (Wildman–Crippen MR) is 101 cm³/mol. The van der Waals surface area contributed by atoms with E-state index in [0.29, 0.717) is 12.1 Å². The first-order chi connectivity index (χ1) is 13.4. The fraction of sp³-hybridized carbons (Fsp3) is 0.381. The van der Waals surface area contributed by atoms with Crippen molar-refractivity contribution < 1.29 is 18.0 Å². The Morgan fingerprint density at radius 1 is 0.929 bits per heavy atom. The number of benzene rings is 2. The smallest absolute Gasteiger partial charge is 0.334 e. The van der Waals surface area contributed by atoms with E-state index in [1.807, 2.05) is 18.2 Å². The van der Waals surface area contributed by atoms with Gasteiger partial charge in [-0.15, -0.1) is 0 Å². The molecule has 150 valence electrons. The number of carbonyl (C=O) groups is 1. The summed E-state index contributed by atoms with van der Waals surface area (Å²) in [5.74, 6) is 0. The largest absolute Gasteiger partial charge is 0.416 e. The van der Waals surface area contributed by atoms with Crippen molar-refractivity contribution in [3.8, 4) is 0 Å². The number of nitrogens with zero attached hydrogens (tertiary/aromatic N) is 1. The van der Waals surface area contributed by atoms with Gasteiger partial charge in [-0.3, -0.25) is 4.90 Å². The molecule has 0 unspecified atom stereocenters. The van der Waals surface area contributed by atoms with Crippen LogP contribution >= 0.6 is 0 Å². The van der Waals surface area contributed by atoms with Crippen LogP contribution in [-0.2, 0) is 25.8 Å². The van der Waals surface area contributed by atoms with Crippen molar-refractivity contribution in [2.45, 2.75) is 38.7 Å². The van der Waals surface area contributed by atoms with Crippen molar-refractivity contribution in [3.63, 3.8) is 0 Å². The fourth-order valence-electron chi connectivity index (χ4n) is 3.34. The molecule has 2 N–H and O–H groups in total. The summed E-state index contributed by atoms with van der Waals surface area (Å²) in [4.78, 5) is 14.5. The van der Waals surface area contributed by atoms with Gasteiger partial charge in [-0.05, 0) is 54.8 Å². The average molecular weight is 391 g/mol. The van der Waals surface area contributed by atoms with Gasteiger partial charge in [-0.25, -0.2) is 4.79 Å². The van der Waals surface area contributed by atoms with Crippen molar-refractivity contribution in [2.75, 3.05) is 13.1 Å². The quantitative estimate of drug-likeness (QED) is 0.771. The maximum atomic E-state index is 12.8. The van der Waals surface area contributed by atoms with Gasteiger partial charge in [0, 0.05) is 19.6 Å². The Morgan fingerprint density at radius 2 is 1.61 bits per heavy atom. The normalized spacial score (nSPS) is 14.8. The molecule has 0 aromatic heterocycles. The minimum absolute atomic E-state index is 0.0329. The van der Waals surface area contributed by atoms with Crippen LogP contribution in [-0.4, -0.2) is 24.0 Å². The van der Waals surface area contributed by atoms with Crippen molar-refractivity contribution in [3.05, 3.63) is 70.8 Å². The molecule has 1 heterocycles. The van der Waals surface area contributed by atoms with E-state index in [9.17, 15) is 18.0 Å². The summed E-state index contributed by atoms with van der Waals surface area (Å²) in [5, 5.41) is 5.40. The molecule has 0 spiro atoms.